The van der Waals surface area contributed by atoms with Crippen molar-refractivity contribution in [1.82, 2.24) is 9.88 Å². The number of carbonyl (C=O) groups is 2. The molecule has 0 aliphatic carbocycles. The van der Waals surface area contributed by atoms with Gasteiger partial charge in [0, 0.05) is 42.7 Å². The number of ether oxygens (including phenoxy) is 1. The Morgan fingerprint density at radius 2 is 1.70 bits per heavy atom. The van der Waals surface area contributed by atoms with Crippen molar-refractivity contribution in [2.75, 3.05) is 18.5 Å². The largest absolute Gasteiger partial charge is 0.452 e. The van der Waals surface area contributed by atoms with Crippen LogP contribution in [0.3, 0.4) is 0 Å². The van der Waals surface area contributed by atoms with Crippen LogP contribution in [0.25, 0.3) is 10.9 Å². The van der Waals surface area contributed by atoms with Gasteiger partial charge in [-0.2, -0.15) is 0 Å². The second kappa shape index (κ2) is 10.4. The Balaban J connectivity index is 1.37. The Morgan fingerprint density at radius 3 is 2.51 bits per heavy atom. The zero-order chi connectivity index (χ0) is 25.9. The molecular formula is C28H22F3N3O3. The maximum absolute atomic E-state index is 13.9. The van der Waals surface area contributed by atoms with Crippen LogP contribution >= 0.6 is 0 Å². The number of aromatic nitrogens is 1. The highest BCUT2D eigenvalue weighted by atomic mass is 19.2. The van der Waals surface area contributed by atoms with E-state index in [1.165, 1.54) is 0 Å². The number of nitrogens with one attached hydrogen (secondary N) is 1. The van der Waals surface area contributed by atoms with Crippen LogP contribution in [0, 0.1) is 17.5 Å². The first-order valence-corrected chi connectivity index (χ1v) is 11.7. The minimum Gasteiger partial charge on any atom is -0.452 e. The van der Waals surface area contributed by atoms with E-state index in [4.69, 9.17) is 9.72 Å². The Bertz CT molecular complexity index is 1490. The maximum atomic E-state index is 13.9. The van der Waals surface area contributed by atoms with Crippen LogP contribution in [0.5, 0.6) is 0 Å². The van der Waals surface area contributed by atoms with Crippen LogP contribution in [0.4, 0.5) is 18.9 Å². The van der Waals surface area contributed by atoms with E-state index in [1.54, 1.807) is 18.2 Å². The lowest BCUT2D eigenvalue weighted by atomic mass is 9.95. The lowest BCUT2D eigenvalue weighted by Crippen LogP contribution is -2.32. The van der Waals surface area contributed by atoms with E-state index in [0.29, 0.717) is 42.0 Å². The summed E-state index contributed by atoms with van der Waals surface area (Å²) in [6.45, 7) is 1.20. The number of hydrogen-bond donors (Lipinski definition) is 1. The monoisotopic (exact) mass is 505 g/mol. The number of para-hydroxylation sites is 1. The second-order valence-electron chi connectivity index (χ2n) is 8.72. The molecular weight excluding hydrogens is 483 g/mol. The fourth-order valence-corrected chi connectivity index (χ4v) is 4.47. The SMILES string of the molecule is O=C(COC(=O)c1c2c(nc3ccccc13)CCN(Cc1ccccc1)C2)Nc1ccc(F)c(F)c1F. The molecule has 188 valence electrons. The van der Waals surface area contributed by atoms with Crippen molar-refractivity contribution in [2.24, 2.45) is 0 Å². The van der Waals surface area contributed by atoms with Gasteiger partial charge in [-0.1, -0.05) is 48.5 Å². The van der Waals surface area contributed by atoms with E-state index in [9.17, 15) is 22.8 Å². The molecule has 1 aliphatic heterocycles. The fraction of sp³-hybridized carbons (Fsp3) is 0.179. The molecule has 0 radical (unpaired) electrons. The summed E-state index contributed by atoms with van der Waals surface area (Å²) in [5.74, 6) is -6.23. The van der Waals surface area contributed by atoms with Gasteiger partial charge >= 0.3 is 5.97 Å². The number of esters is 1. The highest BCUT2D eigenvalue weighted by molar-refractivity contribution is 6.06. The molecule has 3 aromatic carbocycles. The van der Waals surface area contributed by atoms with Gasteiger partial charge in [-0.05, 0) is 23.8 Å². The van der Waals surface area contributed by atoms with Crippen molar-refractivity contribution in [1.29, 1.82) is 0 Å². The van der Waals surface area contributed by atoms with Crippen molar-refractivity contribution < 1.29 is 27.5 Å². The third kappa shape index (κ3) is 5.17. The van der Waals surface area contributed by atoms with Crippen LogP contribution in [0.15, 0.2) is 66.7 Å². The predicted octanol–water partition coefficient (Wildman–Crippen LogP) is 5.01. The first kappa shape index (κ1) is 24.5. The van der Waals surface area contributed by atoms with Crippen molar-refractivity contribution >= 4 is 28.5 Å². The number of carbonyl (C=O) groups excluding carboxylic acids is 2. The number of hydrogen-bond acceptors (Lipinski definition) is 5. The summed E-state index contributed by atoms with van der Waals surface area (Å²) < 4.78 is 45.8. The Kier molecular flexibility index (Phi) is 6.87. The molecule has 9 heteroatoms. The molecule has 6 nitrogen and oxygen atoms in total. The lowest BCUT2D eigenvalue weighted by Gasteiger charge is -2.30. The lowest BCUT2D eigenvalue weighted by molar-refractivity contribution is -0.119. The topological polar surface area (TPSA) is 71.5 Å². The highest BCUT2D eigenvalue weighted by Gasteiger charge is 2.27. The smallest absolute Gasteiger partial charge is 0.339 e. The fourth-order valence-electron chi connectivity index (χ4n) is 4.47. The van der Waals surface area contributed by atoms with Crippen LogP contribution in [-0.2, 0) is 29.0 Å². The third-order valence-corrected chi connectivity index (χ3v) is 6.22. The van der Waals surface area contributed by atoms with Gasteiger partial charge in [0.15, 0.2) is 24.1 Å². The van der Waals surface area contributed by atoms with Crippen molar-refractivity contribution in [3.63, 3.8) is 0 Å². The summed E-state index contributed by atoms with van der Waals surface area (Å²) in [6.07, 6.45) is 0.642. The number of pyridine rings is 1. The molecule has 1 aromatic heterocycles. The molecule has 1 N–H and O–H groups in total. The van der Waals surface area contributed by atoms with Gasteiger partial charge in [0.05, 0.1) is 16.8 Å². The molecule has 1 aliphatic rings. The molecule has 5 rings (SSSR count). The zero-order valence-corrected chi connectivity index (χ0v) is 19.6. The number of fused-ring (bicyclic) bond motifs is 2. The second-order valence-corrected chi connectivity index (χ2v) is 8.72. The molecule has 37 heavy (non-hydrogen) atoms. The molecule has 0 atom stereocenters. The molecule has 0 fully saturated rings. The molecule has 4 aromatic rings. The predicted molar refractivity (Wildman–Crippen MR) is 131 cm³/mol. The van der Waals surface area contributed by atoms with Gasteiger partial charge in [-0.25, -0.2) is 18.0 Å². The van der Waals surface area contributed by atoms with Crippen molar-refractivity contribution in [3.05, 3.63) is 107 Å². The Hall–Kier alpha value is -4.24. The average molecular weight is 505 g/mol. The number of benzene rings is 3. The van der Waals surface area contributed by atoms with E-state index in [-0.39, 0.29) is 0 Å². The van der Waals surface area contributed by atoms with Crippen LogP contribution in [0.2, 0.25) is 0 Å². The molecule has 0 spiro atoms. The van der Waals surface area contributed by atoms with Gasteiger partial charge < -0.3 is 10.1 Å². The minimum absolute atomic E-state index is 0.324. The molecule has 1 amide bonds. The normalized spacial score (nSPS) is 13.3. The quantitative estimate of drug-likeness (QED) is 0.295. The van der Waals surface area contributed by atoms with Crippen LogP contribution in [-0.4, -0.2) is 34.9 Å². The summed E-state index contributed by atoms with van der Waals surface area (Å²) in [5, 5.41) is 2.70. The number of rotatable bonds is 6. The van der Waals surface area contributed by atoms with E-state index >= 15 is 0 Å². The van der Waals surface area contributed by atoms with Gasteiger partial charge in [-0.15, -0.1) is 0 Å². The third-order valence-electron chi connectivity index (χ3n) is 6.22. The minimum atomic E-state index is -1.70. The van der Waals surface area contributed by atoms with Gasteiger partial charge in [0.1, 0.15) is 0 Å². The summed E-state index contributed by atoms with van der Waals surface area (Å²) >= 11 is 0. The Morgan fingerprint density at radius 1 is 0.946 bits per heavy atom. The van der Waals surface area contributed by atoms with Crippen molar-refractivity contribution in [2.45, 2.75) is 19.5 Å². The van der Waals surface area contributed by atoms with Crippen LogP contribution in [0.1, 0.15) is 27.2 Å². The van der Waals surface area contributed by atoms with Gasteiger partial charge in [0.25, 0.3) is 5.91 Å². The molecule has 0 unspecified atom stereocenters. The molecule has 2 heterocycles. The van der Waals surface area contributed by atoms with Gasteiger partial charge in [0.2, 0.25) is 0 Å². The van der Waals surface area contributed by atoms with Crippen molar-refractivity contribution in [3.8, 4) is 0 Å². The maximum Gasteiger partial charge on any atom is 0.339 e. The first-order valence-electron chi connectivity index (χ1n) is 11.7. The number of nitrogens with zero attached hydrogens (tertiary/aromatic N) is 2. The van der Waals surface area contributed by atoms with Crippen LogP contribution < -0.4 is 5.32 Å². The average Bonchev–Trinajstić information content (AvgIpc) is 2.91. The van der Waals surface area contributed by atoms with E-state index in [2.05, 4.69) is 10.2 Å². The molecule has 0 saturated heterocycles. The summed E-state index contributed by atoms with van der Waals surface area (Å²) in [7, 11) is 0. The summed E-state index contributed by atoms with van der Waals surface area (Å²) in [5.41, 5.74) is 3.08. The standard InChI is InChI=1S/C28H22F3N3O3/c29-20-10-11-23(27(31)26(20)30)33-24(35)16-37-28(36)25-18-8-4-5-9-21(18)32-22-12-13-34(15-19(22)25)14-17-6-2-1-3-7-17/h1-11H,12-16H2,(H,33,35). The summed E-state index contributed by atoms with van der Waals surface area (Å²) in [6, 6.07) is 18.8. The summed E-state index contributed by atoms with van der Waals surface area (Å²) in [4.78, 5) is 32.6. The van der Waals surface area contributed by atoms with E-state index in [0.717, 1.165) is 29.4 Å². The zero-order valence-electron chi connectivity index (χ0n) is 19.6. The number of halogens is 3. The molecule has 0 saturated carbocycles. The highest BCUT2D eigenvalue weighted by Crippen LogP contribution is 2.29. The Labute approximate surface area is 210 Å². The van der Waals surface area contributed by atoms with E-state index < -0.39 is 41.6 Å². The number of anilines is 1. The molecule has 0 bridgehead atoms. The van der Waals surface area contributed by atoms with Gasteiger partial charge in [-0.3, -0.25) is 14.7 Å². The van der Waals surface area contributed by atoms with E-state index in [1.807, 2.05) is 36.4 Å². The number of amides is 1. The first-order chi connectivity index (χ1) is 17.9.